The largest absolute Gasteiger partial charge is 0.478 e. The number of nitrogens with one attached hydrogen (secondary N) is 1. The van der Waals surface area contributed by atoms with Crippen LogP contribution in [0, 0.1) is 5.92 Å². The third-order valence-corrected chi connectivity index (χ3v) is 7.28. The van der Waals surface area contributed by atoms with Gasteiger partial charge >= 0.3 is 12.1 Å². The highest BCUT2D eigenvalue weighted by molar-refractivity contribution is 5.88. The normalized spacial score (nSPS) is 21.4. The number of fused-ring (bicyclic) bond motifs is 3. The Hall–Kier alpha value is -3.61. The molecule has 2 N–H and O–H groups in total. The van der Waals surface area contributed by atoms with Gasteiger partial charge in [-0.05, 0) is 41.5 Å². The van der Waals surface area contributed by atoms with Crippen molar-refractivity contribution in [2.24, 2.45) is 5.92 Å². The lowest BCUT2D eigenvalue weighted by Gasteiger charge is -2.30. The lowest BCUT2D eigenvalue weighted by atomic mass is 9.98. The summed E-state index contributed by atoms with van der Waals surface area (Å²) >= 11 is 0. The van der Waals surface area contributed by atoms with Gasteiger partial charge in [0.1, 0.15) is 6.61 Å². The van der Waals surface area contributed by atoms with Crippen molar-refractivity contribution in [3.8, 4) is 11.1 Å². The molecule has 2 aromatic rings. The number of nitrogens with zero attached hydrogens (tertiary/aromatic N) is 1. The number of hydrogen-bond acceptors (Lipinski definition) is 4. The average molecular weight is 461 g/mol. The highest BCUT2D eigenvalue weighted by atomic mass is 16.5. The number of carbonyl (C=O) groups excluding carboxylic acids is 2. The standard InChI is InChI=1S/C27H28N2O5/c30-25(29-14-12-17(13-15-29)26(31)32)22-10-5-11-24(22)28-27(33)34-16-23-20-8-3-1-6-18(20)19-7-2-4-9-21(19)23/h1-4,6-9,12,22-24H,5,10-11,13-16H2,(H,28,33)(H,31,32)/t22-,24+/m1/s1. The molecule has 2 aliphatic carbocycles. The first-order chi connectivity index (χ1) is 16.5. The van der Waals surface area contributed by atoms with Crippen molar-refractivity contribution in [3.63, 3.8) is 0 Å². The summed E-state index contributed by atoms with van der Waals surface area (Å²) in [4.78, 5) is 38.6. The lowest BCUT2D eigenvalue weighted by Crippen LogP contribution is -2.47. The molecule has 34 heavy (non-hydrogen) atoms. The van der Waals surface area contributed by atoms with E-state index in [2.05, 4.69) is 29.6 Å². The van der Waals surface area contributed by atoms with E-state index < -0.39 is 12.1 Å². The molecule has 3 aliphatic rings. The van der Waals surface area contributed by atoms with Gasteiger partial charge in [-0.15, -0.1) is 0 Å². The summed E-state index contributed by atoms with van der Waals surface area (Å²) in [6, 6.07) is 16.1. The highest BCUT2D eigenvalue weighted by Gasteiger charge is 2.37. The second-order valence-electron chi connectivity index (χ2n) is 9.18. The molecule has 0 spiro atoms. The van der Waals surface area contributed by atoms with Gasteiger partial charge in [-0.25, -0.2) is 9.59 Å². The summed E-state index contributed by atoms with van der Waals surface area (Å²) in [6.07, 6.45) is 3.74. The van der Waals surface area contributed by atoms with Crippen molar-refractivity contribution < 1.29 is 24.2 Å². The molecule has 7 nitrogen and oxygen atoms in total. The third kappa shape index (κ3) is 4.18. The number of amides is 2. The van der Waals surface area contributed by atoms with Gasteiger partial charge < -0.3 is 20.1 Å². The number of carbonyl (C=O) groups is 3. The minimum Gasteiger partial charge on any atom is -0.478 e. The molecule has 0 saturated heterocycles. The summed E-state index contributed by atoms with van der Waals surface area (Å²) in [5, 5.41) is 12.0. The Bertz CT molecular complexity index is 1110. The molecule has 176 valence electrons. The number of rotatable bonds is 5. The molecule has 2 amide bonds. The number of carboxylic acid groups (broad SMARTS) is 1. The second-order valence-corrected chi connectivity index (χ2v) is 9.18. The Morgan fingerprint density at radius 1 is 1.00 bits per heavy atom. The molecule has 0 unspecified atom stereocenters. The van der Waals surface area contributed by atoms with Crippen molar-refractivity contribution in [2.75, 3.05) is 19.7 Å². The van der Waals surface area contributed by atoms with E-state index in [1.54, 1.807) is 11.0 Å². The van der Waals surface area contributed by atoms with Crippen LogP contribution < -0.4 is 5.32 Å². The van der Waals surface area contributed by atoms with Crippen LogP contribution in [0.4, 0.5) is 4.79 Å². The van der Waals surface area contributed by atoms with Crippen LogP contribution in [0.3, 0.4) is 0 Å². The van der Waals surface area contributed by atoms with Gasteiger partial charge in [0.05, 0.1) is 5.92 Å². The molecule has 5 rings (SSSR count). The maximum atomic E-state index is 13.1. The maximum Gasteiger partial charge on any atom is 0.407 e. The van der Waals surface area contributed by atoms with E-state index in [1.165, 1.54) is 11.1 Å². The summed E-state index contributed by atoms with van der Waals surface area (Å²) in [7, 11) is 0. The van der Waals surface area contributed by atoms with Crippen LogP contribution >= 0.6 is 0 Å². The molecule has 0 radical (unpaired) electrons. The van der Waals surface area contributed by atoms with Gasteiger partial charge in [0.15, 0.2) is 0 Å². The number of carboxylic acids is 1. The van der Waals surface area contributed by atoms with E-state index in [0.29, 0.717) is 31.5 Å². The van der Waals surface area contributed by atoms with Crippen molar-refractivity contribution in [2.45, 2.75) is 37.6 Å². The number of aliphatic carboxylic acids is 1. The van der Waals surface area contributed by atoms with E-state index in [1.807, 2.05) is 24.3 Å². The van der Waals surface area contributed by atoms with E-state index in [-0.39, 0.29) is 30.4 Å². The van der Waals surface area contributed by atoms with E-state index in [0.717, 1.165) is 24.0 Å². The highest BCUT2D eigenvalue weighted by Crippen LogP contribution is 2.44. The first kappa shape index (κ1) is 22.2. The summed E-state index contributed by atoms with van der Waals surface area (Å²) in [5.41, 5.74) is 5.02. The average Bonchev–Trinajstić information content (AvgIpc) is 3.45. The van der Waals surface area contributed by atoms with E-state index in [9.17, 15) is 14.4 Å². The molecular formula is C27H28N2O5. The zero-order chi connectivity index (χ0) is 23.7. The molecule has 1 heterocycles. The molecule has 0 bridgehead atoms. The van der Waals surface area contributed by atoms with Gasteiger partial charge in [0.2, 0.25) is 5.91 Å². The first-order valence-electron chi connectivity index (χ1n) is 11.9. The fraction of sp³-hybridized carbons (Fsp3) is 0.370. The summed E-state index contributed by atoms with van der Waals surface area (Å²) in [6.45, 7) is 0.930. The minimum atomic E-state index is -0.928. The molecule has 1 fully saturated rings. The Balaban J connectivity index is 1.20. The van der Waals surface area contributed by atoms with Crippen molar-refractivity contribution in [3.05, 3.63) is 71.3 Å². The fourth-order valence-corrected chi connectivity index (χ4v) is 5.52. The van der Waals surface area contributed by atoms with Gasteiger partial charge in [-0.3, -0.25) is 4.79 Å². The molecule has 7 heteroatoms. The van der Waals surface area contributed by atoms with Crippen molar-refractivity contribution in [1.29, 1.82) is 0 Å². The summed E-state index contributed by atoms with van der Waals surface area (Å²) < 4.78 is 5.67. The fourth-order valence-electron chi connectivity index (χ4n) is 5.52. The molecule has 1 aliphatic heterocycles. The SMILES string of the molecule is O=C(N[C@H]1CCC[C@H]1C(=O)N1CC=C(C(=O)O)CC1)OCC1c2ccccc2-c2ccccc21. The Morgan fingerprint density at radius 3 is 2.29 bits per heavy atom. The second kappa shape index (κ2) is 9.33. The Morgan fingerprint density at radius 2 is 1.68 bits per heavy atom. The maximum absolute atomic E-state index is 13.1. The first-order valence-corrected chi connectivity index (χ1v) is 11.9. The molecule has 2 aromatic carbocycles. The van der Waals surface area contributed by atoms with Crippen LogP contribution in [-0.2, 0) is 14.3 Å². The molecule has 1 saturated carbocycles. The van der Waals surface area contributed by atoms with Crippen LogP contribution in [0.2, 0.25) is 0 Å². The number of ether oxygens (including phenoxy) is 1. The predicted molar refractivity (Wildman–Crippen MR) is 126 cm³/mol. The van der Waals surface area contributed by atoms with Crippen LogP contribution in [0.1, 0.15) is 42.7 Å². The Labute approximate surface area is 198 Å². The number of alkyl carbamates (subject to hydrolysis) is 1. The van der Waals surface area contributed by atoms with E-state index in [4.69, 9.17) is 9.84 Å². The van der Waals surface area contributed by atoms with Crippen LogP contribution in [0.15, 0.2) is 60.2 Å². The van der Waals surface area contributed by atoms with Gasteiger partial charge in [0, 0.05) is 30.6 Å². The lowest BCUT2D eigenvalue weighted by molar-refractivity contribution is -0.137. The molecular weight excluding hydrogens is 432 g/mol. The molecule has 0 aromatic heterocycles. The van der Waals surface area contributed by atoms with Crippen LogP contribution in [0.25, 0.3) is 11.1 Å². The van der Waals surface area contributed by atoms with Gasteiger partial charge in [-0.1, -0.05) is 61.0 Å². The van der Waals surface area contributed by atoms with Gasteiger partial charge in [0.25, 0.3) is 0 Å². The predicted octanol–water partition coefficient (Wildman–Crippen LogP) is 3.94. The van der Waals surface area contributed by atoms with Gasteiger partial charge in [-0.2, -0.15) is 0 Å². The van der Waals surface area contributed by atoms with Crippen molar-refractivity contribution >= 4 is 18.0 Å². The zero-order valence-electron chi connectivity index (χ0n) is 18.9. The van der Waals surface area contributed by atoms with E-state index >= 15 is 0 Å². The number of benzene rings is 2. The topological polar surface area (TPSA) is 95.9 Å². The van der Waals surface area contributed by atoms with Crippen molar-refractivity contribution in [1.82, 2.24) is 10.2 Å². The quantitative estimate of drug-likeness (QED) is 0.705. The number of hydrogen-bond donors (Lipinski definition) is 2. The monoisotopic (exact) mass is 460 g/mol. The zero-order valence-corrected chi connectivity index (χ0v) is 18.9. The summed E-state index contributed by atoms with van der Waals surface area (Å²) in [5.74, 6) is -1.27. The molecule has 2 atom stereocenters. The minimum absolute atomic E-state index is 0.0114. The Kier molecular flexibility index (Phi) is 6.09. The smallest absolute Gasteiger partial charge is 0.407 e. The van der Waals surface area contributed by atoms with Crippen LogP contribution in [-0.4, -0.2) is 53.7 Å². The van der Waals surface area contributed by atoms with Crippen LogP contribution in [0.5, 0.6) is 0 Å². The third-order valence-electron chi connectivity index (χ3n) is 7.28.